The molecule has 0 unspecified atom stereocenters. The van der Waals surface area contributed by atoms with Crippen LogP contribution in [0.1, 0.15) is 22.8 Å². The van der Waals surface area contributed by atoms with Crippen LogP contribution in [0.15, 0.2) is 42.5 Å². The van der Waals surface area contributed by atoms with Crippen LogP contribution in [0.4, 0.5) is 13.2 Å². The van der Waals surface area contributed by atoms with E-state index in [1.54, 1.807) is 0 Å². The molecule has 0 heterocycles. The van der Waals surface area contributed by atoms with Crippen molar-refractivity contribution in [1.29, 1.82) is 0 Å². The predicted octanol–water partition coefficient (Wildman–Crippen LogP) is 5.04. The highest BCUT2D eigenvalue weighted by atomic mass is 35.5. The molecule has 0 aliphatic heterocycles. The Bertz CT molecular complexity index is 737. The van der Waals surface area contributed by atoms with Gasteiger partial charge in [0.2, 0.25) is 0 Å². The van der Waals surface area contributed by atoms with Gasteiger partial charge >= 0.3 is 0 Å². The van der Waals surface area contributed by atoms with E-state index >= 15 is 0 Å². The van der Waals surface area contributed by atoms with Crippen LogP contribution in [-0.2, 0) is 5.92 Å². The lowest BCUT2D eigenvalue weighted by Crippen LogP contribution is -2.44. The van der Waals surface area contributed by atoms with Gasteiger partial charge in [-0.1, -0.05) is 35.3 Å². The molecule has 23 heavy (non-hydrogen) atoms. The van der Waals surface area contributed by atoms with Gasteiger partial charge in [0, 0.05) is 10.6 Å². The van der Waals surface area contributed by atoms with Crippen molar-refractivity contribution in [2.24, 2.45) is 0 Å². The lowest BCUT2D eigenvalue weighted by atomic mass is 10.0. The molecule has 2 aromatic carbocycles. The Balaban J connectivity index is 2.23. The fourth-order valence-electron chi connectivity index (χ4n) is 2.00. The molecule has 2 aromatic rings. The first kappa shape index (κ1) is 17.6. The zero-order valence-corrected chi connectivity index (χ0v) is 13.4. The number of carbonyl (C=O) groups excluding carboxylic acids is 1. The largest absolute Gasteiger partial charge is 0.343 e. The molecule has 122 valence electrons. The third-order valence-electron chi connectivity index (χ3n) is 3.30. The van der Waals surface area contributed by atoms with E-state index in [-0.39, 0.29) is 15.6 Å². The van der Waals surface area contributed by atoms with Crippen LogP contribution in [-0.4, -0.2) is 11.9 Å². The highest BCUT2D eigenvalue weighted by molar-refractivity contribution is 6.35. The minimum atomic E-state index is -3.46. The standard InChI is InChI=1S/C16H12Cl2F3NO/c1-9(22-15(23)11-4-2-3-5-14(11)19)16(20,21)12-7-6-10(17)8-13(12)18/h2-9H,1H3,(H,22,23)/t9-/m1/s1. The third kappa shape index (κ3) is 3.79. The van der Waals surface area contributed by atoms with Gasteiger partial charge in [-0.05, 0) is 37.3 Å². The van der Waals surface area contributed by atoms with E-state index < -0.39 is 29.3 Å². The summed E-state index contributed by atoms with van der Waals surface area (Å²) in [5.74, 6) is -5.17. The molecular weight excluding hydrogens is 350 g/mol. The number of amides is 1. The van der Waals surface area contributed by atoms with Crippen molar-refractivity contribution in [3.63, 3.8) is 0 Å². The third-order valence-corrected chi connectivity index (χ3v) is 3.85. The van der Waals surface area contributed by atoms with Gasteiger partial charge in [-0.25, -0.2) is 4.39 Å². The molecule has 0 spiro atoms. The number of alkyl halides is 2. The van der Waals surface area contributed by atoms with Crippen LogP contribution in [0, 0.1) is 5.82 Å². The summed E-state index contributed by atoms with van der Waals surface area (Å²) < 4.78 is 42.5. The Morgan fingerprint density at radius 3 is 2.43 bits per heavy atom. The molecular formula is C16H12Cl2F3NO. The van der Waals surface area contributed by atoms with Crippen LogP contribution in [0.25, 0.3) is 0 Å². The summed E-state index contributed by atoms with van der Waals surface area (Å²) in [7, 11) is 0. The first-order valence-electron chi connectivity index (χ1n) is 6.62. The number of nitrogens with one attached hydrogen (secondary N) is 1. The fourth-order valence-corrected chi connectivity index (χ4v) is 2.54. The summed E-state index contributed by atoms with van der Waals surface area (Å²) in [6.07, 6.45) is 0. The molecule has 0 aliphatic carbocycles. The summed E-state index contributed by atoms with van der Waals surface area (Å²) in [6, 6.07) is 7.09. The van der Waals surface area contributed by atoms with Crippen molar-refractivity contribution in [2.45, 2.75) is 18.9 Å². The van der Waals surface area contributed by atoms with Crippen LogP contribution >= 0.6 is 23.2 Å². The summed E-state index contributed by atoms with van der Waals surface area (Å²) in [5, 5.41) is 2.10. The molecule has 2 rings (SSSR count). The molecule has 2 nitrogen and oxygen atoms in total. The number of halogens is 5. The molecule has 7 heteroatoms. The Morgan fingerprint density at radius 2 is 1.83 bits per heavy atom. The van der Waals surface area contributed by atoms with E-state index in [1.165, 1.54) is 30.3 Å². The molecule has 0 aliphatic rings. The van der Waals surface area contributed by atoms with Gasteiger partial charge in [0.05, 0.1) is 16.6 Å². The molecule has 1 N–H and O–H groups in total. The van der Waals surface area contributed by atoms with Gasteiger partial charge in [-0.2, -0.15) is 8.78 Å². The van der Waals surface area contributed by atoms with E-state index in [4.69, 9.17) is 23.2 Å². The number of rotatable bonds is 4. The SMILES string of the molecule is C[C@@H](NC(=O)c1ccccc1F)C(F)(F)c1ccc(Cl)cc1Cl. The van der Waals surface area contributed by atoms with Crippen LogP contribution in [0.3, 0.4) is 0 Å². The first-order chi connectivity index (χ1) is 10.7. The molecule has 1 amide bonds. The van der Waals surface area contributed by atoms with E-state index in [1.807, 2.05) is 0 Å². The van der Waals surface area contributed by atoms with Gasteiger partial charge in [-0.15, -0.1) is 0 Å². The molecule has 1 atom stereocenters. The number of hydrogen-bond acceptors (Lipinski definition) is 1. The Labute approximate surface area is 141 Å². The van der Waals surface area contributed by atoms with Crippen molar-refractivity contribution in [3.8, 4) is 0 Å². The first-order valence-corrected chi connectivity index (χ1v) is 7.38. The zero-order chi connectivity index (χ0) is 17.2. The van der Waals surface area contributed by atoms with Gasteiger partial charge in [-0.3, -0.25) is 4.79 Å². The second-order valence-electron chi connectivity index (χ2n) is 4.92. The molecule has 0 saturated carbocycles. The molecule has 0 fully saturated rings. The van der Waals surface area contributed by atoms with Gasteiger partial charge in [0.25, 0.3) is 11.8 Å². The Hall–Kier alpha value is -1.72. The van der Waals surface area contributed by atoms with E-state index in [9.17, 15) is 18.0 Å². The number of hydrogen-bond donors (Lipinski definition) is 1. The summed E-state index contributed by atoms with van der Waals surface area (Å²) >= 11 is 11.5. The molecule has 0 radical (unpaired) electrons. The second kappa shape index (κ2) is 6.81. The molecule has 0 aromatic heterocycles. The van der Waals surface area contributed by atoms with Crippen LogP contribution in [0.5, 0.6) is 0 Å². The lowest BCUT2D eigenvalue weighted by molar-refractivity contribution is -0.0355. The Kier molecular flexibility index (Phi) is 5.22. The molecule has 0 bridgehead atoms. The van der Waals surface area contributed by atoms with Gasteiger partial charge in [0.1, 0.15) is 5.82 Å². The van der Waals surface area contributed by atoms with Crippen molar-refractivity contribution >= 4 is 29.1 Å². The van der Waals surface area contributed by atoms with E-state index in [0.29, 0.717) is 0 Å². The predicted molar refractivity (Wildman–Crippen MR) is 83.7 cm³/mol. The Morgan fingerprint density at radius 1 is 1.17 bits per heavy atom. The maximum absolute atomic E-state index is 14.5. The average molecular weight is 362 g/mol. The highest BCUT2D eigenvalue weighted by Gasteiger charge is 2.41. The topological polar surface area (TPSA) is 29.1 Å². The molecule has 0 saturated heterocycles. The summed E-state index contributed by atoms with van der Waals surface area (Å²) in [5.41, 5.74) is -0.776. The minimum absolute atomic E-state index is 0.213. The zero-order valence-electron chi connectivity index (χ0n) is 11.9. The summed E-state index contributed by atoms with van der Waals surface area (Å²) in [6.45, 7) is 1.11. The van der Waals surface area contributed by atoms with Crippen molar-refractivity contribution in [3.05, 3.63) is 69.5 Å². The van der Waals surface area contributed by atoms with E-state index in [0.717, 1.165) is 19.1 Å². The summed E-state index contributed by atoms with van der Waals surface area (Å²) in [4.78, 5) is 12.0. The van der Waals surface area contributed by atoms with E-state index in [2.05, 4.69) is 5.32 Å². The lowest BCUT2D eigenvalue weighted by Gasteiger charge is -2.26. The van der Waals surface area contributed by atoms with Crippen LogP contribution in [0.2, 0.25) is 10.0 Å². The van der Waals surface area contributed by atoms with Gasteiger partial charge < -0.3 is 5.32 Å². The van der Waals surface area contributed by atoms with Gasteiger partial charge in [0.15, 0.2) is 0 Å². The normalized spacial score (nSPS) is 12.8. The van der Waals surface area contributed by atoms with Crippen LogP contribution < -0.4 is 5.32 Å². The maximum atomic E-state index is 14.5. The van der Waals surface area contributed by atoms with Crippen molar-refractivity contribution in [2.75, 3.05) is 0 Å². The fraction of sp³-hybridized carbons (Fsp3) is 0.188. The highest BCUT2D eigenvalue weighted by Crippen LogP contribution is 2.37. The monoisotopic (exact) mass is 361 g/mol. The quantitative estimate of drug-likeness (QED) is 0.811. The van der Waals surface area contributed by atoms with Crippen molar-refractivity contribution in [1.82, 2.24) is 5.32 Å². The van der Waals surface area contributed by atoms with Crippen molar-refractivity contribution < 1.29 is 18.0 Å². The second-order valence-corrected chi connectivity index (χ2v) is 5.77. The number of carbonyl (C=O) groups is 1. The minimum Gasteiger partial charge on any atom is -0.343 e. The smallest absolute Gasteiger partial charge is 0.294 e. The maximum Gasteiger partial charge on any atom is 0.294 e. The average Bonchev–Trinajstić information content (AvgIpc) is 2.47. The number of benzene rings is 2.